The molecule has 1 heterocycles. The predicted molar refractivity (Wildman–Crippen MR) is 73.3 cm³/mol. The van der Waals surface area contributed by atoms with Crippen LogP contribution in [-0.4, -0.2) is 30.6 Å². The third kappa shape index (κ3) is 3.55. The molecule has 1 aromatic rings. The van der Waals surface area contributed by atoms with Crippen LogP contribution < -0.4 is 5.73 Å². The molecule has 2 nitrogen and oxygen atoms in total. The summed E-state index contributed by atoms with van der Waals surface area (Å²) in [6.07, 6.45) is 2.23. The van der Waals surface area contributed by atoms with Crippen LogP contribution in [0.5, 0.6) is 0 Å². The maximum absolute atomic E-state index is 6.08. The quantitative estimate of drug-likeness (QED) is 0.867. The average Bonchev–Trinajstić information content (AvgIpc) is 2.63. The van der Waals surface area contributed by atoms with E-state index in [9.17, 15) is 0 Å². The number of benzene rings is 1. The van der Waals surface area contributed by atoms with Gasteiger partial charge in [-0.05, 0) is 57.3 Å². The molecule has 0 amide bonds. The summed E-state index contributed by atoms with van der Waals surface area (Å²) in [6, 6.07) is 8.97. The Labute approximate surface area is 105 Å². The molecule has 17 heavy (non-hydrogen) atoms. The molecular formula is C15H24N2. The van der Waals surface area contributed by atoms with Gasteiger partial charge in [-0.15, -0.1) is 0 Å². The Morgan fingerprint density at radius 2 is 2.18 bits per heavy atom. The SMILES string of the molecule is CN1CCC(c2cccc(CC(C)(C)N)c2)C1. The molecule has 0 radical (unpaired) electrons. The number of likely N-dealkylation sites (tertiary alicyclic amines) is 1. The first-order chi connectivity index (χ1) is 7.94. The molecule has 1 aliphatic heterocycles. The van der Waals surface area contributed by atoms with Crippen molar-refractivity contribution in [3.05, 3.63) is 35.4 Å². The van der Waals surface area contributed by atoms with Gasteiger partial charge >= 0.3 is 0 Å². The molecule has 1 fully saturated rings. The molecule has 1 unspecified atom stereocenters. The molecule has 94 valence electrons. The van der Waals surface area contributed by atoms with Gasteiger partial charge in [-0.3, -0.25) is 0 Å². The summed E-state index contributed by atoms with van der Waals surface area (Å²) in [5, 5.41) is 0. The second-order valence-electron chi connectivity index (χ2n) is 6.16. The van der Waals surface area contributed by atoms with Crippen molar-refractivity contribution in [2.45, 2.75) is 38.1 Å². The van der Waals surface area contributed by atoms with Gasteiger partial charge in [-0.1, -0.05) is 24.3 Å². The normalized spacial score (nSPS) is 22.0. The summed E-state index contributed by atoms with van der Waals surface area (Å²) in [4.78, 5) is 2.41. The first-order valence-corrected chi connectivity index (χ1v) is 6.50. The highest BCUT2D eigenvalue weighted by atomic mass is 15.1. The van der Waals surface area contributed by atoms with Gasteiger partial charge in [0, 0.05) is 12.1 Å². The summed E-state index contributed by atoms with van der Waals surface area (Å²) in [6.45, 7) is 6.58. The van der Waals surface area contributed by atoms with Gasteiger partial charge in [-0.25, -0.2) is 0 Å². The highest BCUT2D eigenvalue weighted by molar-refractivity contribution is 5.28. The Hall–Kier alpha value is -0.860. The van der Waals surface area contributed by atoms with Crippen molar-refractivity contribution in [3.63, 3.8) is 0 Å². The zero-order valence-corrected chi connectivity index (χ0v) is 11.2. The lowest BCUT2D eigenvalue weighted by molar-refractivity contribution is 0.411. The molecule has 2 rings (SSSR count). The van der Waals surface area contributed by atoms with Crippen molar-refractivity contribution < 1.29 is 0 Å². The second-order valence-corrected chi connectivity index (χ2v) is 6.16. The van der Waals surface area contributed by atoms with E-state index in [1.54, 1.807) is 0 Å². The van der Waals surface area contributed by atoms with Crippen LogP contribution in [0.15, 0.2) is 24.3 Å². The first kappa shape index (κ1) is 12.6. The van der Waals surface area contributed by atoms with Crippen LogP contribution in [0.3, 0.4) is 0 Å². The van der Waals surface area contributed by atoms with E-state index < -0.39 is 0 Å². The van der Waals surface area contributed by atoms with E-state index in [-0.39, 0.29) is 5.54 Å². The molecule has 1 aliphatic rings. The van der Waals surface area contributed by atoms with Crippen LogP contribution in [0.1, 0.15) is 37.3 Å². The van der Waals surface area contributed by atoms with E-state index in [1.807, 2.05) is 0 Å². The van der Waals surface area contributed by atoms with Gasteiger partial charge in [0.15, 0.2) is 0 Å². The summed E-state index contributed by atoms with van der Waals surface area (Å²) in [7, 11) is 2.20. The number of hydrogen-bond acceptors (Lipinski definition) is 2. The highest BCUT2D eigenvalue weighted by Gasteiger charge is 2.21. The Bertz CT molecular complexity index is 379. The maximum atomic E-state index is 6.08. The van der Waals surface area contributed by atoms with Crippen molar-refractivity contribution in [1.82, 2.24) is 4.90 Å². The summed E-state index contributed by atoms with van der Waals surface area (Å²) in [5.41, 5.74) is 8.81. The Morgan fingerprint density at radius 3 is 2.76 bits per heavy atom. The lowest BCUT2D eigenvalue weighted by Crippen LogP contribution is -2.34. The van der Waals surface area contributed by atoms with E-state index in [1.165, 1.54) is 30.6 Å². The molecule has 0 spiro atoms. The number of nitrogens with two attached hydrogens (primary N) is 1. The van der Waals surface area contributed by atoms with Crippen LogP contribution >= 0.6 is 0 Å². The van der Waals surface area contributed by atoms with Crippen LogP contribution in [0, 0.1) is 0 Å². The minimum absolute atomic E-state index is 0.120. The van der Waals surface area contributed by atoms with Crippen molar-refractivity contribution in [2.24, 2.45) is 5.73 Å². The zero-order valence-electron chi connectivity index (χ0n) is 11.2. The molecule has 0 aromatic heterocycles. The van der Waals surface area contributed by atoms with Gasteiger partial charge in [0.2, 0.25) is 0 Å². The third-order valence-corrected chi connectivity index (χ3v) is 3.47. The van der Waals surface area contributed by atoms with E-state index in [4.69, 9.17) is 5.73 Å². The largest absolute Gasteiger partial charge is 0.325 e. The second kappa shape index (κ2) is 4.79. The standard InChI is InChI=1S/C15H24N2/c1-15(2,16)10-12-5-4-6-13(9-12)14-7-8-17(3)11-14/h4-6,9,14H,7-8,10-11,16H2,1-3H3. The summed E-state index contributed by atoms with van der Waals surface area (Å²) < 4.78 is 0. The van der Waals surface area contributed by atoms with Crippen LogP contribution in [0.4, 0.5) is 0 Å². The molecule has 1 saturated heterocycles. The highest BCUT2D eigenvalue weighted by Crippen LogP contribution is 2.27. The molecule has 2 heteroatoms. The van der Waals surface area contributed by atoms with Crippen LogP contribution in [-0.2, 0) is 6.42 Å². The smallest absolute Gasteiger partial charge is 0.0138 e. The number of rotatable bonds is 3. The monoisotopic (exact) mass is 232 g/mol. The van der Waals surface area contributed by atoms with E-state index in [0.717, 1.165) is 6.42 Å². The Kier molecular flexibility index (Phi) is 3.55. The Balaban J connectivity index is 2.11. The first-order valence-electron chi connectivity index (χ1n) is 6.50. The average molecular weight is 232 g/mol. The lowest BCUT2D eigenvalue weighted by Gasteiger charge is -2.19. The van der Waals surface area contributed by atoms with E-state index in [0.29, 0.717) is 5.92 Å². The van der Waals surface area contributed by atoms with Gasteiger partial charge in [0.25, 0.3) is 0 Å². The minimum Gasteiger partial charge on any atom is -0.325 e. The molecule has 2 N–H and O–H groups in total. The van der Waals surface area contributed by atoms with Gasteiger partial charge in [-0.2, -0.15) is 0 Å². The molecule has 0 saturated carbocycles. The number of nitrogens with zero attached hydrogens (tertiary/aromatic N) is 1. The molecule has 1 atom stereocenters. The summed E-state index contributed by atoms with van der Waals surface area (Å²) >= 11 is 0. The third-order valence-electron chi connectivity index (χ3n) is 3.47. The maximum Gasteiger partial charge on any atom is 0.0138 e. The predicted octanol–water partition coefficient (Wildman–Crippen LogP) is 2.39. The molecule has 0 bridgehead atoms. The fraction of sp³-hybridized carbons (Fsp3) is 0.600. The summed E-state index contributed by atoms with van der Waals surface area (Å²) in [5.74, 6) is 0.709. The molecule has 0 aliphatic carbocycles. The van der Waals surface area contributed by atoms with Crippen molar-refractivity contribution >= 4 is 0 Å². The van der Waals surface area contributed by atoms with E-state index in [2.05, 4.69) is 50.1 Å². The number of hydrogen-bond donors (Lipinski definition) is 1. The van der Waals surface area contributed by atoms with Gasteiger partial charge < -0.3 is 10.6 Å². The zero-order chi connectivity index (χ0) is 12.5. The van der Waals surface area contributed by atoms with Crippen molar-refractivity contribution in [3.8, 4) is 0 Å². The molecular weight excluding hydrogens is 208 g/mol. The lowest BCUT2D eigenvalue weighted by atomic mass is 9.91. The Morgan fingerprint density at radius 1 is 1.41 bits per heavy atom. The fourth-order valence-corrected chi connectivity index (χ4v) is 2.69. The van der Waals surface area contributed by atoms with Gasteiger partial charge in [0.05, 0.1) is 0 Å². The van der Waals surface area contributed by atoms with Crippen molar-refractivity contribution in [2.75, 3.05) is 20.1 Å². The van der Waals surface area contributed by atoms with Crippen LogP contribution in [0.25, 0.3) is 0 Å². The van der Waals surface area contributed by atoms with E-state index >= 15 is 0 Å². The molecule has 1 aromatic carbocycles. The van der Waals surface area contributed by atoms with Gasteiger partial charge in [0.1, 0.15) is 0 Å². The minimum atomic E-state index is -0.120. The van der Waals surface area contributed by atoms with Crippen LogP contribution in [0.2, 0.25) is 0 Å². The van der Waals surface area contributed by atoms with Crippen molar-refractivity contribution in [1.29, 1.82) is 0 Å². The fourth-order valence-electron chi connectivity index (χ4n) is 2.69. The number of likely N-dealkylation sites (N-methyl/N-ethyl adjacent to an activating group) is 1. The topological polar surface area (TPSA) is 29.3 Å².